The fraction of sp³-hybridized carbons (Fsp3) is 0.158. The van der Waals surface area contributed by atoms with Gasteiger partial charge in [-0.3, -0.25) is 4.79 Å². The minimum Gasteiger partial charge on any atom is -0.337 e. The average molecular weight is 367 g/mol. The molecule has 1 amide bonds. The number of carbonyl (C=O) groups is 1. The number of rotatable bonds is 6. The SMILES string of the molecule is C#CCNS(=O)(=O)c1ccc(C(=O)N(C)Cc2ccc(C#N)cc2)cc1. The Bertz CT molecular complexity index is 967. The van der Waals surface area contributed by atoms with Crippen molar-refractivity contribution < 1.29 is 13.2 Å². The van der Waals surface area contributed by atoms with Crippen molar-refractivity contribution in [3.8, 4) is 18.4 Å². The third-order valence-electron chi connectivity index (χ3n) is 3.63. The molecule has 0 saturated carbocycles. The zero-order chi connectivity index (χ0) is 19.2. The maximum Gasteiger partial charge on any atom is 0.253 e. The van der Waals surface area contributed by atoms with Gasteiger partial charge in [0.15, 0.2) is 0 Å². The number of nitriles is 1. The zero-order valence-electron chi connectivity index (χ0n) is 14.1. The Morgan fingerprint density at radius 2 is 1.77 bits per heavy atom. The molecule has 132 valence electrons. The Labute approximate surface area is 153 Å². The molecule has 0 aliphatic heterocycles. The molecule has 6 nitrogen and oxygen atoms in total. The molecule has 7 heteroatoms. The van der Waals surface area contributed by atoms with Crippen LogP contribution in [0.4, 0.5) is 0 Å². The van der Waals surface area contributed by atoms with E-state index in [4.69, 9.17) is 11.7 Å². The van der Waals surface area contributed by atoms with Crippen LogP contribution in [-0.2, 0) is 16.6 Å². The van der Waals surface area contributed by atoms with Crippen LogP contribution in [0.15, 0.2) is 53.4 Å². The van der Waals surface area contributed by atoms with Crippen LogP contribution in [0, 0.1) is 23.7 Å². The smallest absolute Gasteiger partial charge is 0.253 e. The second-order valence-electron chi connectivity index (χ2n) is 5.52. The minimum absolute atomic E-state index is 0.0408. The van der Waals surface area contributed by atoms with Gasteiger partial charge in [-0.1, -0.05) is 18.1 Å². The van der Waals surface area contributed by atoms with Gasteiger partial charge in [-0.05, 0) is 42.0 Å². The molecule has 0 aliphatic rings. The van der Waals surface area contributed by atoms with Gasteiger partial charge in [-0.15, -0.1) is 6.42 Å². The van der Waals surface area contributed by atoms with Gasteiger partial charge in [0, 0.05) is 19.2 Å². The van der Waals surface area contributed by atoms with Crippen molar-refractivity contribution in [2.75, 3.05) is 13.6 Å². The molecular weight excluding hydrogens is 350 g/mol. The average Bonchev–Trinajstić information content (AvgIpc) is 2.66. The van der Waals surface area contributed by atoms with E-state index < -0.39 is 10.0 Å². The number of nitrogens with zero attached hydrogens (tertiary/aromatic N) is 2. The first-order valence-electron chi connectivity index (χ1n) is 7.65. The second kappa shape index (κ2) is 8.30. The van der Waals surface area contributed by atoms with Gasteiger partial charge in [0.25, 0.3) is 5.91 Å². The minimum atomic E-state index is -3.68. The second-order valence-corrected chi connectivity index (χ2v) is 7.29. The van der Waals surface area contributed by atoms with Crippen LogP contribution in [-0.4, -0.2) is 32.8 Å². The summed E-state index contributed by atoms with van der Waals surface area (Å²) in [4.78, 5) is 14.0. The monoisotopic (exact) mass is 367 g/mol. The number of hydrogen-bond donors (Lipinski definition) is 1. The van der Waals surface area contributed by atoms with E-state index >= 15 is 0 Å². The van der Waals surface area contributed by atoms with Crippen LogP contribution in [0.25, 0.3) is 0 Å². The number of hydrogen-bond acceptors (Lipinski definition) is 4. The van der Waals surface area contributed by atoms with Crippen molar-refractivity contribution in [1.82, 2.24) is 9.62 Å². The van der Waals surface area contributed by atoms with Gasteiger partial charge in [-0.2, -0.15) is 9.98 Å². The first kappa shape index (κ1) is 19.2. The predicted octanol–water partition coefficient (Wildman–Crippen LogP) is 1.74. The van der Waals surface area contributed by atoms with E-state index in [1.54, 1.807) is 31.3 Å². The molecule has 0 saturated heterocycles. The molecule has 2 rings (SSSR count). The molecule has 0 heterocycles. The van der Waals surface area contributed by atoms with E-state index in [-0.39, 0.29) is 17.3 Å². The molecule has 2 aromatic carbocycles. The lowest BCUT2D eigenvalue weighted by Gasteiger charge is -2.17. The quantitative estimate of drug-likeness (QED) is 0.788. The number of terminal acetylenes is 1. The first-order valence-corrected chi connectivity index (χ1v) is 9.13. The van der Waals surface area contributed by atoms with Gasteiger partial charge in [0.1, 0.15) is 0 Å². The summed E-state index contributed by atoms with van der Waals surface area (Å²) < 4.78 is 26.2. The highest BCUT2D eigenvalue weighted by Crippen LogP contribution is 2.13. The highest BCUT2D eigenvalue weighted by atomic mass is 32.2. The Morgan fingerprint density at radius 3 is 2.31 bits per heavy atom. The summed E-state index contributed by atoms with van der Waals surface area (Å²) in [5.41, 5.74) is 1.81. The first-order chi connectivity index (χ1) is 12.4. The third-order valence-corrected chi connectivity index (χ3v) is 5.04. The highest BCUT2D eigenvalue weighted by Gasteiger charge is 2.16. The summed E-state index contributed by atoms with van der Waals surface area (Å²) in [6, 6.07) is 14.6. The van der Waals surface area contributed by atoms with E-state index in [0.717, 1.165) is 5.56 Å². The van der Waals surface area contributed by atoms with E-state index in [1.807, 2.05) is 6.07 Å². The van der Waals surface area contributed by atoms with Gasteiger partial charge < -0.3 is 4.90 Å². The van der Waals surface area contributed by atoms with Crippen molar-refractivity contribution in [2.24, 2.45) is 0 Å². The van der Waals surface area contributed by atoms with E-state index in [0.29, 0.717) is 17.7 Å². The topological polar surface area (TPSA) is 90.3 Å². The number of amides is 1. The maximum absolute atomic E-state index is 12.5. The fourth-order valence-electron chi connectivity index (χ4n) is 2.25. The summed E-state index contributed by atoms with van der Waals surface area (Å²) in [6.45, 7) is 0.269. The highest BCUT2D eigenvalue weighted by molar-refractivity contribution is 7.89. The van der Waals surface area contributed by atoms with Crippen molar-refractivity contribution in [3.05, 3.63) is 65.2 Å². The van der Waals surface area contributed by atoms with Crippen molar-refractivity contribution >= 4 is 15.9 Å². The lowest BCUT2D eigenvalue weighted by Crippen LogP contribution is -2.26. The molecule has 0 radical (unpaired) electrons. The molecule has 0 aromatic heterocycles. The fourth-order valence-corrected chi connectivity index (χ4v) is 3.18. The van der Waals surface area contributed by atoms with Crippen LogP contribution in [0.1, 0.15) is 21.5 Å². The molecule has 0 aliphatic carbocycles. The number of nitrogens with one attached hydrogen (secondary N) is 1. The molecule has 0 unspecified atom stereocenters. The molecular formula is C19H17N3O3S. The summed E-state index contributed by atoms with van der Waals surface area (Å²) >= 11 is 0. The van der Waals surface area contributed by atoms with Gasteiger partial charge in [0.2, 0.25) is 10.0 Å². The van der Waals surface area contributed by atoms with Gasteiger partial charge >= 0.3 is 0 Å². The maximum atomic E-state index is 12.5. The molecule has 0 spiro atoms. The van der Waals surface area contributed by atoms with E-state index in [9.17, 15) is 13.2 Å². The molecule has 0 bridgehead atoms. The Hall–Kier alpha value is -3.13. The standard InChI is InChI=1S/C19H17N3O3S/c1-3-12-21-26(24,25)18-10-8-17(9-11-18)19(23)22(2)14-16-6-4-15(13-20)5-7-16/h1,4-11,21H,12,14H2,2H3. The summed E-state index contributed by atoms with van der Waals surface area (Å²) in [6.07, 6.45) is 5.05. The summed E-state index contributed by atoms with van der Waals surface area (Å²) in [5, 5.41) is 8.80. The Kier molecular flexibility index (Phi) is 6.13. The summed E-state index contributed by atoms with van der Waals surface area (Å²) in [7, 11) is -2.03. The lowest BCUT2D eigenvalue weighted by atomic mass is 10.1. The molecule has 1 N–H and O–H groups in total. The van der Waals surface area contributed by atoms with Crippen LogP contribution in [0.2, 0.25) is 0 Å². The van der Waals surface area contributed by atoms with Crippen molar-refractivity contribution in [1.29, 1.82) is 5.26 Å². The third kappa shape index (κ3) is 4.70. The number of sulfonamides is 1. The molecule has 26 heavy (non-hydrogen) atoms. The molecule has 0 atom stereocenters. The predicted molar refractivity (Wildman–Crippen MR) is 97.4 cm³/mol. The summed E-state index contributed by atoms with van der Waals surface area (Å²) in [5.74, 6) is 1.96. The number of benzene rings is 2. The van der Waals surface area contributed by atoms with Gasteiger partial charge in [0.05, 0.1) is 23.1 Å². The van der Waals surface area contributed by atoms with Crippen LogP contribution >= 0.6 is 0 Å². The molecule has 2 aromatic rings. The van der Waals surface area contributed by atoms with E-state index in [1.165, 1.54) is 29.2 Å². The van der Waals surface area contributed by atoms with Crippen LogP contribution in [0.5, 0.6) is 0 Å². The lowest BCUT2D eigenvalue weighted by molar-refractivity contribution is 0.0785. The van der Waals surface area contributed by atoms with E-state index in [2.05, 4.69) is 10.6 Å². The normalized spacial score (nSPS) is 10.6. The van der Waals surface area contributed by atoms with Crippen molar-refractivity contribution in [2.45, 2.75) is 11.4 Å². The zero-order valence-corrected chi connectivity index (χ0v) is 15.0. The van der Waals surface area contributed by atoms with Gasteiger partial charge in [-0.25, -0.2) is 8.42 Å². The van der Waals surface area contributed by atoms with Crippen LogP contribution < -0.4 is 4.72 Å². The number of carbonyl (C=O) groups excluding carboxylic acids is 1. The Morgan fingerprint density at radius 1 is 1.15 bits per heavy atom. The van der Waals surface area contributed by atoms with Crippen LogP contribution in [0.3, 0.4) is 0 Å². The molecule has 0 fully saturated rings. The van der Waals surface area contributed by atoms with Crippen molar-refractivity contribution in [3.63, 3.8) is 0 Å². The largest absolute Gasteiger partial charge is 0.337 e. The Balaban J connectivity index is 2.09.